The molecular weight excluding hydrogens is 230 g/mol. The van der Waals surface area contributed by atoms with Crippen LogP contribution in [0.4, 0.5) is 0 Å². The summed E-state index contributed by atoms with van der Waals surface area (Å²) in [6.07, 6.45) is 3.50. The van der Waals surface area contributed by atoms with E-state index < -0.39 is 0 Å². The van der Waals surface area contributed by atoms with E-state index in [0.29, 0.717) is 24.7 Å². The quantitative estimate of drug-likeness (QED) is 0.825. The third kappa shape index (κ3) is 2.54. The van der Waals surface area contributed by atoms with Gasteiger partial charge in [-0.1, -0.05) is 12.1 Å². The summed E-state index contributed by atoms with van der Waals surface area (Å²) < 4.78 is 5.30. The van der Waals surface area contributed by atoms with Crippen molar-refractivity contribution < 1.29 is 9.32 Å². The summed E-state index contributed by atoms with van der Waals surface area (Å²) in [5.41, 5.74) is -0.192. The van der Waals surface area contributed by atoms with Gasteiger partial charge in [0.2, 0.25) is 11.8 Å². The lowest BCUT2D eigenvalue weighted by Gasteiger charge is -2.38. The Kier molecular flexibility index (Phi) is 3.68. The van der Waals surface area contributed by atoms with Crippen LogP contribution in [0.1, 0.15) is 51.2 Å². The van der Waals surface area contributed by atoms with Crippen LogP contribution in [0.3, 0.4) is 0 Å². The van der Waals surface area contributed by atoms with E-state index in [-0.39, 0.29) is 11.3 Å². The molecule has 0 bridgehead atoms. The second-order valence-electron chi connectivity index (χ2n) is 5.38. The zero-order valence-electron chi connectivity index (χ0n) is 11.4. The van der Waals surface area contributed by atoms with Gasteiger partial charge >= 0.3 is 0 Å². The van der Waals surface area contributed by atoms with E-state index in [1.807, 2.05) is 18.7 Å². The second kappa shape index (κ2) is 5.08. The van der Waals surface area contributed by atoms with Gasteiger partial charge in [-0.05, 0) is 33.1 Å². The van der Waals surface area contributed by atoms with Gasteiger partial charge in [0.1, 0.15) is 0 Å². The van der Waals surface area contributed by atoms with E-state index in [4.69, 9.17) is 4.52 Å². The number of carbonyl (C=O) groups is 1. The van der Waals surface area contributed by atoms with Crippen molar-refractivity contribution in [2.24, 2.45) is 0 Å². The van der Waals surface area contributed by atoms with Crippen LogP contribution in [0.5, 0.6) is 0 Å². The Morgan fingerprint density at radius 1 is 1.56 bits per heavy atom. The first-order valence-corrected chi connectivity index (χ1v) is 6.64. The van der Waals surface area contributed by atoms with Crippen molar-refractivity contribution in [3.63, 3.8) is 0 Å². The Labute approximate surface area is 108 Å². The molecule has 0 unspecified atom stereocenters. The minimum atomic E-state index is -0.192. The molecule has 18 heavy (non-hydrogen) atoms. The highest BCUT2D eigenvalue weighted by Crippen LogP contribution is 2.32. The van der Waals surface area contributed by atoms with Gasteiger partial charge in [0.25, 0.3) is 0 Å². The molecule has 1 aromatic heterocycles. The lowest BCUT2D eigenvalue weighted by molar-refractivity contribution is -0.133. The molecule has 1 atom stereocenters. The minimum absolute atomic E-state index is 0.192. The minimum Gasteiger partial charge on any atom is -0.342 e. The molecular formula is C13H21N3O2. The molecule has 2 rings (SSSR count). The van der Waals surface area contributed by atoms with Gasteiger partial charge in [0.15, 0.2) is 5.82 Å². The fourth-order valence-electron chi connectivity index (χ4n) is 2.54. The Hall–Kier alpha value is -1.39. The predicted molar refractivity (Wildman–Crippen MR) is 67.1 cm³/mol. The smallest absolute Gasteiger partial charge is 0.234 e. The van der Waals surface area contributed by atoms with Crippen LogP contribution in [0, 0.1) is 6.92 Å². The third-order valence-corrected chi connectivity index (χ3v) is 3.56. The number of amides is 1. The molecule has 0 saturated carbocycles. The predicted octanol–water partition coefficient (Wildman–Crippen LogP) is 2.06. The summed E-state index contributed by atoms with van der Waals surface area (Å²) >= 11 is 0. The zero-order chi connectivity index (χ0) is 13.2. The van der Waals surface area contributed by atoms with Crippen molar-refractivity contribution in [3.05, 3.63) is 11.7 Å². The summed E-state index contributed by atoms with van der Waals surface area (Å²) in [6, 6.07) is 0. The summed E-state index contributed by atoms with van der Waals surface area (Å²) in [5, 5.41) is 3.85. The maximum atomic E-state index is 12.0. The average Bonchev–Trinajstić information content (AvgIpc) is 2.77. The third-order valence-electron chi connectivity index (χ3n) is 3.56. The molecule has 1 aliphatic rings. The molecule has 100 valence electrons. The summed E-state index contributed by atoms with van der Waals surface area (Å²) in [7, 11) is 0. The van der Waals surface area contributed by atoms with E-state index in [1.165, 1.54) is 0 Å². The monoisotopic (exact) mass is 251 g/mol. The Morgan fingerprint density at radius 3 is 2.94 bits per heavy atom. The lowest BCUT2D eigenvalue weighted by Crippen LogP contribution is -2.47. The molecule has 2 heterocycles. The van der Waals surface area contributed by atoms with Crippen molar-refractivity contribution in [1.29, 1.82) is 0 Å². The number of rotatable bonds is 3. The van der Waals surface area contributed by atoms with Crippen molar-refractivity contribution in [2.75, 3.05) is 13.1 Å². The molecule has 0 aliphatic carbocycles. The van der Waals surface area contributed by atoms with E-state index >= 15 is 0 Å². The first-order valence-electron chi connectivity index (χ1n) is 6.64. The molecule has 1 fully saturated rings. The Bertz CT molecular complexity index is 430. The molecule has 5 heteroatoms. The van der Waals surface area contributed by atoms with Gasteiger partial charge in [-0.25, -0.2) is 0 Å². The van der Waals surface area contributed by atoms with E-state index in [2.05, 4.69) is 17.1 Å². The molecule has 1 saturated heterocycles. The maximum absolute atomic E-state index is 12.0. The molecule has 1 aliphatic heterocycles. The summed E-state index contributed by atoms with van der Waals surface area (Å²) in [6.45, 7) is 7.49. The Balaban J connectivity index is 2.12. The normalized spacial score (nSPS) is 24.3. The molecule has 0 radical (unpaired) electrons. The van der Waals surface area contributed by atoms with Crippen molar-refractivity contribution >= 4 is 5.91 Å². The highest BCUT2D eigenvalue weighted by Gasteiger charge is 2.38. The molecule has 0 aromatic carbocycles. The van der Waals surface area contributed by atoms with Gasteiger partial charge in [-0.3, -0.25) is 4.79 Å². The number of carbonyl (C=O) groups excluding carboxylic acids is 1. The van der Waals surface area contributed by atoms with E-state index in [0.717, 1.165) is 25.8 Å². The van der Waals surface area contributed by atoms with Crippen molar-refractivity contribution in [1.82, 2.24) is 15.0 Å². The van der Waals surface area contributed by atoms with Gasteiger partial charge in [0.05, 0.1) is 5.41 Å². The lowest BCUT2D eigenvalue weighted by atomic mass is 9.81. The topological polar surface area (TPSA) is 59.2 Å². The number of hydrogen-bond donors (Lipinski definition) is 0. The number of aryl methyl sites for hydroxylation is 1. The molecule has 1 aromatic rings. The van der Waals surface area contributed by atoms with Gasteiger partial charge in [-0.2, -0.15) is 4.98 Å². The highest BCUT2D eigenvalue weighted by atomic mass is 16.5. The van der Waals surface area contributed by atoms with Crippen LogP contribution in [0.2, 0.25) is 0 Å². The number of likely N-dealkylation sites (tertiary alicyclic amines) is 1. The largest absolute Gasteiger partial charge is 0.342 e. The molecule has 5 nitrogen and oxygen atoms in total. The number of aromatic nitrogens is 2. The van der Waals surface area contributed by atoms with Crippen LogP contribution in [-0.4, -0.2) is 34.0 Å². The van der Waals surface area contributed by atoms with Crippen LogP contribution < -0.4 is 0 Å². The molecule has 0 N–H and O–H groups in total. The first kappa shape index (κ1) is 13.1. The Morgan fingerprint density at radius 2 is 2.33 bits per heavy atom. The van der Waals surface area contributed by atoms with E-state index in [9.17, 15) is 4.79 Å². The van der Waals surface area contributed by atoms with Crippen LogP contribution in [0.25, 0.3) is 0 Å². The van der Waals surface area contributed by atoms with Gasteiger partial charge in [0, 0.05) is 19.5 Å². The SMILES string of the molecule is CCCC(=O)N1CCC[C@](C)(c2nc(C)no2)C1. The zero-order valence-corrected chi connectivity index (χ0v) is 11.4. The summed E-state index contributed by atoms with van der Waals surface area (Å²) in [5.74, 6) is 1.55. The second-order valence-corrected chi connectivity index (χ2v) is 5.38. The standard InChI is InChI=1S/C13H21N3O2/c1-4-6-11(17)16-8-5-7-13(3,9-16)12-14-10(2)15-18-12/h4-9H2,1-3H3/t13-/m0/s1. The van der Waals surface area contributed by atoms with E-state index in [1.54, 1.807) is 0 Å². The summed E-state index contributed by atoms with van der Waals surface area (Å²) in [4.78, 5) is 18.2. The van der Waals surface area contributed by atoms with Crippen molar-refractivity contribution in [3.8, 4) is 0 Å². The number of nitrogens with zero attached hydrogens (tertiary/aromatic N) is 3. The van der Waals surface area contributed by atoms with Crippen LogP contribution in [0.15, 0.2) is 4.52 Å². The fraction of sp³-hybridized carbons (Fsp3) is 0.769. The number of hydrogen-bond acceptors (Lipinski definition) is 4. The van der Waals surface area contributed by atoms with Gasteiger partial charge < -0.3 is 9.42 Å². The average molecular weight is 251 g/mol. The molecule has 1 amide bonds. The van der Waals surface area contributed by atoms with Crippen LogP contribution in [-0.2, 0) is 10.2 Å². The number of piperidine rings is 1. The molecule has 0 spiro atoms. The first-order chi connectivity index (χ1) is 8.55. The highest BCUT2D eigenvalue weighted by molar-refractivity contribution is 5.76. The fourth-order valence-corrected chi connectivity index (χ4v) is 2.54. The maximum Gasteiger partial charge on any atom is 0.234 e. The van der Waals surface area contributed by atoms with Gasteiger partial charge in [-0.15, -0.1) is 0 Å². The van der Waals surface area contributed by atoms with Crippen LogP contribution >= 0.6 is 0 Å². The van der Waals surface area contributed by atoms with Crippen molar-refractivity contribution in [2.45, 2.75) is 51.9 Å².